The lowest BCUT2D eigenvalue weighted by Crippen LogP contribution is -2.00. The Hall–Kier alpha value is -1.81. The third-order valence-electron chi connectivity index (χ3n) is 2.89. The second-order valence-electron chi connectivity index (χ2n) is 4.24. The Labute approximate surface area is 123 Å². The van der Waals surface area contributed by atoms with Crippen LogP contribution < -0.4 is 9.47 Å². The summed E-state index contributed by atoms with van der Waals surface area (Å²) in [5.41, 5.74) is 1.07. The van der Waals surface area contributed by atoms with E-state index in [1.54, 1.807) is 0 Å². The zero-order valence-electron chi connectivity index (χ0n) is 11.7. The number of carbonyl (C=O) groups is 1. The van der Waals surface area contributed by atoms with Crippen molar-refractivity contribution in [2.24, 2.45) is 0 Å². The predicted molar refractivity (Wildman–Crippen MR) is 81.0 cm³/mol. The van der Waals surface area contributed by atoms with Crippen LogP contribution in [0.4, 0.5) is 0 Å². The second kappa shape index (κ2) is 7.10. The number of thiophene rings is 1. The van der Waals surface area contributed by atoms with Crippen LogP contribution in [0.25, 0.3) is 0 Å². The Bertz CT molecular complexity index is 575. The second-order valence-corrected chi connectivity index (χ2v) is 5.41. The molecule has 0 atom stereocenters. The molecule has 20 heavy (non-hydrogen) atoms. The van der Waals surface area contributed by atoms with Crippen LogP contribution >= 0.6 is 11.3 Å². The molecule has 1 aromatic heterocycles. The van der Waals surface area contributed by atoms with Gasteiger partial charge < -0.3 is 9.47 Å². The zero-order valence-corrected chi connectivity index (χ0v) is 12.5. The van der Waals surface area contributed by atoms with E-state index in [1.807, 2.05) is 37.3 Å². The van der Waals surface area contributed by atoms with Gasteiger partial charge >= 0.3 is 0 Å². The lowest BCUT2D eigenvalue weighted by Gasteiger charge is -2.11. The Balaban J connectivity index is 2.12. The number of aryl methyl sites for hydroxylation is 1. The van der Waals surface area contributed by atoms with Gasteiger partial charge in [0.25, 0.3) is 0 Å². The van der Waals surface area contributed by atoms with Gasteiger partial charge in [0.05, 0.1) is 11.5 Å². The van der Waals surface area contributed by atoms with E-state index in [0.717, 1.165) is 34.6 Å². The maximum absolute atomic E-state index is 10.9. The van der Waals surface area contributed by atoms with E-state index in [0.29, 0.717) is 13.2 Å². The largest absolute Gasteiger partial charge is 0.490 e. The standard InChI is InChI=1S/C16H18O3S/c1-3-16-12(9-13(10-17)20-16)11-19-15-8-6-5-7-14(15)18-4-2/h5-10H,3-4,11H2,1-2H3. The third-order valence-corrected chi connectivity index (χ3v) is 4.13. The van der Waals surface area contributed by atoms with Gasteiger partial charge in [0.1, 0.15) is 6.61 Å². The lowest BCUT2D eigenvalue weighted by molar-refractivity contribution is 0.112. The number of benzene rings is 1. The van der Waals surface area contributed by atoms with Gasteiger partial charge in [-0.05, 0) is 31.5 Å². The molecular formula is C16H18O3S. The van der Waals surface area contributed by atoms with Crippen LogP contribution in [0.5, 0.6) is 11.5 Å². The first-order valence-corrected chi connectivity index (χ1v) is 7.51. The summed E-state index contributed by atoms with van der Waals surface area (Å²) >= 11 is 1.53. The number of hydrogen-bond acceptors (Lipinski definition) is 4. The first kappa shape index (κ1) is 14.6. The number of para-hydroxylation sites is 2. The van der Waals surface area contributed by atoms with Crippen molar-refractivity contribution in [2.75, 3.05) is 6.61 Å². The maximum Gasteiger partial charge on any atom is 0.161 e. The number of carbonyl (C=O) groups excluding carboxylic acids is 1. The maximum atomic E-state index is 10.9. The summed E-state index contributed by atoms with van der Waals surface area (Å²) in [7, 11) is 0. The minimum atomic E-state index is 0.456. The quantitative estimate of drug-likeness (QED) is 0.720. The normalized spacial score (nSPS) is 10.3. The van der Waals surface area contributed by atoms with Crippen LogP contribution in [0.3, 0.4) is 0 Å². The minimum Gasteiger partial charge on any atom is -0.490 e. The SMILES string of the molecule is CCOc1ccccc1OCc1cc(C=O)sc1CC. The van der Waals surface area contributed by atoms with E-state index < -0.39 is 0 Å². The molecule has 0 N–H and O–H groups in total. The van der Waals surface area contributed by atoms with E-state index in [-0.39, 0.29) is 0 Å². The molecule has 1 aromatic carbocycles. The highest BCUT2D eigenvalue weighted by Gasteiger charge is 2.09. The molecule has 0 amide bonds. The highest BCUT2D eigenvalue weighted by atomic mass is 32.1. The van der Waals surface area contributed by atoms with Crippen LogP contribution in [-0.2, 0) is 13.0 Å². The number of ether oxygens (including phenoxy) is 2. The summed E-state index contributed by atoms with van der Waals surface area (Å²) < 4.78 is 11.4. The number of aldehydes is 1. The van der Waals surface area contributed by atoms with Crippen LogP contribution in [-0.4, -0.2) is 12.9 Å². The first-order valence-electron chi connectivity index (χ1n) is 6.69. The molecular weight excluding hydrogens is 272 g/mol. The van der Waals surface area contributed by atoms with Gasteiger partial charge in [-0.25, -0.2) is 0 Å². The van der Waals surface area contributed by atoms with Crippen molar-refractivity contribution in [1.29, 1.82) is 0 Å². The lowest BCUT2D eigenvalue weighted by atomic mass is 10.2. The average molecular weight is 290 g/mol. The molecule has 0 aliphatic carbocycles. The minimum absolute atomic E-state index is 0.456. The van der Waals surface area contributed by atoms with Crippen molar-refractivity contribution in [2.45, 2.75) is 26.9 Å². The van der Waals surface area contributed by atoms with Gasteiger partial charge in [-0.1, -0.05) is 19.1 Å². The molecule has 0 fully saturated rings. The van der Waals surface area contributed by atoms with E-state index in [9.17, 15) is 4.79 Å². The molecule has 0 aliphatic rings. The van der Waals surface area contributed by atoms with E-state index >= 15 is 0 Å². The predicted octanol–water partition coefficient (Wildman–Crippen LogP) is 4.10. The Morgan fingerprint density at radius 2 is 1.85 bits per heavy atom. The number of hydrogen-bond donors (Lipinski definition) is 0. The third kappa shape index (κ3) is 3.39. The van der Waals surface area contributed by atoms with Crippen LogP contribution in [0, 0.1) is 0 Å². The molecule has 0 saturated carbocycles. The number of rotatable bonds is 7. The van der Waals surface area contributed by atoms with Crippen LogP contribution in [0.2, 0.25) is 0 Å². The topological polar surface area (TPSA) is 35.5 Å². The Morgan fingerprint density at radius 3 is 2.45 bits per heavy atom. The van der Waals surface area contributed by atoms with Gasteiger partial charge in [0.2, 0.25) is 0 Å². The fourth-order valence-corrected chi connectivity index (χ4v) is 2.90. The summed E-state index contributed by atoms with van der Waals surface area (Å²) in [5.74, 6) is 1.48. The smallest absolute Gasteiger partial charge is 0.161 e. The van der Waals surface area contributed by atoms with Gasteiger partial charge in [-0.2, -0.15) is 0 Å². The van der Waals surface area contributed by atoms with Crippen molar-refractivity contribution in [3.63, 3.8) is 0 Å². The van der Waals surface area contributed by atoms with Gasteiger partial charge in [0.15, 0.2) is 17.8 Å². The molecule has 2 rings (SSSR count). The first-order chi connectivity index (χ1) is 9.78. The fraction of sp³-hybridized carbons (Fsp3) is 0.312. The highest BCUT2D eigenvalue weighted by molar-refractivity contribution is 7.13. The molecule has 0 spiro atoms. The molecule has 0 aliphatic heterocycles. The molecule has 106 valence electrons. The van der Waals surface area contributed by atoms with E-state index in [2.05, 4.69) is 6.92 Å². The van der Waals surface area contributed by atoms with Crippen LogP contribution in [0.1, 0.15) is 34.0 Å². The summed E-state index contributed by atoms with van der Waals surface area (Å²) in [6.45, 7) is 5.09. The monoisotopic (exact) mass is 290 g/mol. The van der Waals surface area contributed by atoms with Gasteiger partial charge in [-0.3, -0.25) is 4.79 Å². The molecule has 0 radical (unpaired) electrons. The Kier molecular flexibility index (Phi) is 5.18. The molecule has 1 heterocycles. The van der Waals surface area contributed by atoms with Crippen molar-refractivity contribution < 1.29 is 14.3 Å². The zero-order chi connectivity index (χ0) is 14.4. The summed E-state index contributed by atoms with van der Waals surface area (Å²) in [6, 6.07) is 9.53. The summed E-state index contributed by atoms with van der Waals surface area (Å²) in [6.07, 6.45) is 1.80. The van der Waals surface area contributed by atoms with Crippen molar-refractivity contribution in [3.05, 3.63) is 45.6 Å². The van der Waals surface area contributed by atoms with E-state index in [4.69, 9.17) is 9.47 Å². The van der Waals surface area contributed by atoms with Gasteiger partial charge in [-0.15, -0.1) is 11.3 Å². The summed E-state index contributed by atoms with van der Waals surface area (Å²) in [4.78, 5) is 12.8. The van der Waals surface area contributed by atoms with Crippen LogP contribution in [0.15, 0.2) is 30.3 Å². The fourth-order valence-electron chi connectivity index (χ4n) is 1.97. The molecule has 2 aromatic rings. The summed E-state index contributed by atoms with van der Waals surface area (Å²) in [5, 5.41) is 0. The average Bonchev–Trinajstić information content (AvgIpc) is 2.89. The molecule has 0 unspecified atom stereocenters. The van der Waals surface area contributed by atoms with Gasteiger partial charge in [0, 0.05) is 10.4 Å². The van der Waals surface area contributed by atoms with Crippen molar-refractivity contribution in [1.82, 2.24) is 0 Å². The van der Waals surface area contributed by atoms with E-state index in [1.165, 1.54) is 16.2 Å². The molecule has 3 nitrogen and oxygen atoms in total. The molecule has 0 saturated heterocycles. The molecule has 4 heteroatoms. The molecule has 0 bridgehead atoms. The van der Waals surface area contributed by atoms with Crippen molar-refractivity contribution >= 4 is 17.6 Å². The Morgan fingerprint density at radius 1 is 1.15 bits per heavy atom. The van der Waals surface area contributed by atoms with Crippen molar-refractivity contribution in [3.8, 4) is 11.5 Å². The highest BCUT2D eigenvalue weighted by Crippen LogP contribution is 2.29.